The summed E-state index contributed by atoms with van der Waals surface area (Å²) in [4.78, 5) is 2.50. The third-order valence-electron chi connectivity index (χ3n) is 12.2. The van der Waals surface area contributed by atoms with Gasteiger partial charge in [-0.3, -0.25) is 8.37 Å². The van der Waals surface area contributed by atoms with Crippen LogP contribution in [0.5, 0.6) is 0 Å². The maximum atomic E-state index is 13.5. The molecule has 2 aliphatic heterocycles. The number of halogens is 1. The van der Waals surface area contributed by atoms with Gasteiger partial charge in [-0.2, -0.15) is 21.4 Å². The summed E-state index contributed by atoms with van der Waals surface area (Å²) >= 11 is 7.25. The molecule has 324 valence electrons. The topological polar surface area (TPSA) is 102 Å². The number of allylic oxidation sites excluding steroid dienone is 8. The molecule has 2 heterocycles. The highest BCUT2D eigenvalue weighted by molar-refractivity contribution is 7.87. The van der Waals surface area contributed by atoms with Crippen molar-refractivity contribution in [1.29, 1.82) is 0 Å². The van der Waals surface area contributed by atoms with E-state index in [0.717, 1.165) is 80.1 Å². The second-order valence-electron chi connectivity index (χ2n) is 18.7. The zero-order valence-electron chi connectivity index (χ0n) is 37.1. The monoisotopic (exact) mass is 885 g/mol. The maximum Gasteiger partial charge on any atom is 0.297 e. The highest BCUT2D eigenvalue weighted by Gasteiger charge is 2.45. The smallest absolute Gasteiger partial charge is 0.297 e. The minimum atomic E-state index is -4.05. The number of likely N-dealkylation sites (N-methyl/N-ethyl adjacent to an activating group) is 1. The molecule has 4 aromatic rings. The molecule has 0 amide bonds. The molecule has 0 fully saturated rings. The predicted molar refractivity (Wildman–Crippen MR) is 247 cm³/mol. The zero-order valence-corrected chi connectivity index (χ0v) is 39.5. The van der Waals surface area contributed by atoms with Gasteiger partial charge in [0.25, 0.3) is 20.2 Å². The van der Waals surface area contributed by atoms with Crippen molar-refractivity contribution in [3.8, 4) is 0 Å². The van der Waals surface area contributed by atoms with Crippen LogP contribution in [-0.2, 0) is 44.2 Å². The van der Waals surface area contributed by atoms with Crippen LogP contribution in [0.3, 0.4) is 0 Å². The number of nitrogens with zero attached hydrogens (tertiary/aromatic N) is 2. The van der Waals surface area contributed by atoms with Gasteiger partial charge in [0.2, 0.25) is 5.69 Å². The van der Waals surface area contributed by atoms with E-state index in [1.807, 2.05) is 64.2 Å². The Morgan fingerprint density at radius 2 is 1.44 bits per heavy atom. The second-order valence-corrected chi connectivity index (χ2v) is 22.2. The van der Waals surface area contributed by atoms with Gasteiger partial charge in [0.1, 0.15) is 16.8 Å². The standard InChI is InChI=1S/C49H58ClN2O7S2/c1-31(29-57-11)59-61(55,56)41-20-14-18-37-35(41)24-26-39-45(37)49(7,8)43(52(39)10)28-22-33-16-12-15-32(46(33)50)21-27-42-48(5,6)44-36-17-13-19-40(34(36)23-25-38(44)51(42)9)60(53,54)58-30-47(2,3)4/h13-14,17-28,31H,12,15-16,29-30H2,1-11H3/q+1. The summed E-state index contributed by atoms with van der Waals surface area (Å²) < 4.78 is 72.2. The lowest BCUT2D eigenvalue weighted by Gasteiger charge is -2.25. The number of rotatable bonds is 11. The fourth-order valence-electron chi connectivity index (χ4n) is 9.35. The van der Waals surface area contributed by atoms with Crippen molar-refractivity contribution < 1.29 is 34.5 Å². The van der Waals surface area contributed by atoms with Crippen molar-refractivity contribution in [2.45, 2.75) is 101 Å². The molecule has 0 N–H and O–H groups in total. The van der Waals surface area contributed by atoms with Crippen LogP contribution >= 0.6 is 11.6 Å². The molecule has 0 saturated carbocycles. The minimum Gasteiger partial charge on any atom is -0.382 e. The molecule has 1 aliphatic carbocycles. The molecule has 61 heavy (non-hydrogen) atoms. The van der Waals surface area contributed by atoms with Crippen LogP contribution in [0, 0.1) is 5.41 Å². The lowest BCUT2D eigenvalue weighted by Crippen LogP contribution is -2.27. The Kier molecular flexibility index (Phi) is 12.0. The van der Waals surface area contributed by atoms with Crippen LogP contribution in [0.1, 0.15) is 85.8 Å². The Hall–Kier alpha value is -4.10. The highest BCUT2D eigenvalue weighted by Crippen LogP contribution is 2.51. The Morgan fingerprint density at radius 3 is 2.08 bits per heavy atom. The first-order chi connectivity index (χ1) is 28.5. The van der Waals surface area contributed by atoms with E-state index in [1.54, 1.807) is 31.2 Å². The molecule has 9 nitrogen and oxygen atoms in total. The molecule has 0 spiro atoms. The normalized spacial score (nSPS) is 19.9. The lowest BCUT2D eigenvalue weighted by molar-refractivity contribution is -0.401. The van der Waals surface area contributed by atoms with E-state index in [9.17, 15) is 16.8 Å². The van der Waals surface area contributed by atoms with Crippen LogP contribution in [0.2, 0.25) is 0 Å². The Labute approximate surface area is 367 Å². The summed E-state index contributed by atoms with van der Waals surface area (Å²) in [7, 11) is -2.42. The average molecular weight is 887 g/mol. The second kappa shape index (κ2) is 16.2. The van der Waals surface area contributed by atoms with Gasteiger partial charge in [-0.15, -0.1) is 0 Å². The number of ether oxygens (including phenoxy) is 1. The number of fused-ring (bicyclic) bond motifs is 6. The van der Waals surface area contributed by atoms with Gasteiger partial charge in [0.15, 0.2) is 5.71 Å². The van der Waals surface area contributed by atoms with E-state index in [4.69, 9.17) is 24.7 Å². The molecule has 4 aromatic carbocycles. The summed E-state index contributed by atoms with van der Waals surface area (Å²) in [6.07, 6.45) is 10.6. The number of anilines is 1. The van der Waals surface area contributed by atoms with E-state index in [1.165, 1.54) is 7.11 Å². The van der Waals surface area contributed by atoms with Crippen molar-refractivity contribution in [3.05, 3.63) is 118 Å². The molecule has 0 radical (unpaired) electrons. The number of hydrogen-bond acceptors (Lipinski definition) is 8. The molecular formula is C49H58ClN2O7S2+. The van der Waals surface area contributed by atoms with Crippen molar-refractivity contribution >= 4 is 70.5 Å². The van der Waals surface area contributed by atoms with E-state index in [-0.39, 0.29) is 28.4 Å². The van der Waals surface area contributed by atoms with E-state index in [0.29, 0.717) is 10.8 Å². The van der Waals surface area contributed by atoms with Crippen LogP contribution in [0.15, 0.2) is 117 Å². The summed E-state index contributed by atoms with van der Waals surface area (Å²) in [6.45, 7) is 16.5. The zero-order chi connectivity index (χ0) is 44.4. The first kappa shape index (κ1) is 44.9. The molecule has 0 aromatic heterocycles. The Morgan fingerprint density at radius 1 is 0.820 bits per heavy atom. The number of benzene rings is 4. The van der Waals surface area contributed by atoms with E-state index >= 15 is 0 Å². The molecule has 7 rings (SSSR count). The first-order valence-corrected chi connectivity index (χ1v) is 24.0. The van der Waals surface area contributed by atoms with Crippen LogP contribution in [-0.4, -0.2) is 67.6 Å². The van der Waals surface area contributed by atoms with Gasteiger partial charge < -0.3 is 9.64 Å². The highest BCUT2D eigenvalue weighted by atomic mass is 35.5. The van der Waals surface area contributed by atoms with Gasteiger partial charge in [0, 0.05) is 64.5 Å². The third-order valence-corrected chi connectivity index (χ3v) is 15.5. The van der Waals surface area contributed by atoms with Crippen LogP contribution < -0.4 is 4.90 Å². The van der Waals surface area contributed by atoms with Gasteiger partial charge >= 0.3 is 0 Å². The van der Waals surface area contributed by atoms with E-state index < -0.39 is 37.2 Å². The summed E-state index contributed by atoms with van der Waals surface area (Å²) in [6, 6.07) is 18.5. The van der Waals surface area contributed by atoms with Crippen molar-refractivity contribution in [3.63, 3.8) is 0 Å². The minimum absolute atomic E-state index is 0.0876. The lowest BCUT2D eigenvalue weighted by atomic mass is 9.78. The maximum absolute atomic E-state index is 13.5. The van der Waals surface area contributed by atoms with Gasteiger partial charge in [-0.05, 0) is 103 Å². The fraction of sp³-hybridized carbons (Fsp3) is 0.408. The molecular weight excluding hydrogens is 828 g/mol. The summed E-state index contributed by atoms with van der Waals surface area (Å²) in [5, 5.41) is 3.75. The number of hydrogen-bond donors (Lipinski definition) is 0. The van der Waals surface area contributed by atoms with Crippen molar-refractivity contribution in [2.24, 2.45) is 5.41 Å². The van der Waals surface area contributed by atoms with Crippen molar-refractivity contribution in [1.82, 2.24) is 0 Å². The van der Waals surface area contributed by atoms with E-state index in [2.05, 4.69) is 68.5 Å². The summed E-state index contributed by atoms with van der Waals surface area (Å²) in [5.41, 5.74) is 7.20. The Balaban J connectivity index is 1.19. The van der Waals surface area contributed by atoms with Gasteiger partial charge in [0.05, 0.1) is 24.7 Å². The molecule has 0 bridgehead atoms. The van der Waals surface area contributed by atoms with Crippen LogP contribution in [0.25, 0.3) is 21.5 Å². The fourth-order valence-corrected chi connectivity index (χ4v) is 12.3. The first-order valence-electron chi connectivity index (χ1n) is 20.8. The third kappa shape index (κ3) is 8.18. The average Bonchev–Trinajstić information content (AvgIpc) is 3.51. The molecule has 12 heteroatoms. The largest absolute Gasteiger partial charge is 0.382 e. The van der Waals surface area contributed by atoms with Crippen LogP contribution in [0.4, 0.5) is 11.4 Å². The molecule has 1 atom stereocenters. The predicted octanol–water partition coefficient (Wildman–Crippen LogP) is 11.0. The Bertz CT molecular complexity index is 2840. The number of methoxy groups -OCH3 is 1. The molecule has 3 aliphatic rings. The van der Waals surface area contributed by atoms with Gasteiger partial charge in [-0.1, -0.05) is 88.7 Å². The van der Waals surface area contributed by atoms with Gasteiger partial charge in [-0.25, -0.2) is 0 Å². The molecule has 0 saturated heterocycles. The SMILES string of the molecule is COCC(C)OS(=O)(=O)c1cccc2c3c(ccc12)[N+](C)=C(C=CC1=C(Cl)C(=CC=C2N(C)c4ccc5c(S(=O)(=O)OCC(C)(C)C)cccc5c4C2(C)C)CCC1)C3(C)C. The summed E-state index contributed by atoms with van der Waals surface area (Å²) in [5.74, 6) is 0. The van der Waals surface area contributed by atoms with Crippen molar-refractivity contribution in [2.75, 3.05) is 39.3 Å². The molecule has 1 unspecified atom stereocenters. The quantitative estimate of drug-likeness (QED) is 0.108.